The number of hydrogen-bond donors (Lipinski definition) is 1. The van der Waals surface area contributed by atoms with Gasteiger partial charge in [0.1, 0.15) is 0 Å². The zero-order valence-electron chi connectivity index (χ0n) is 10.6. The fourth-order valence-electron chi connectivity index (χ4n) is 2.35. The lowest BCUT2D eigenvalue weighted by molar-refractivity contribution is 1.01. The summed E-state index contributed by atoms with van der Waals surface area (Å²) in [5.41, 5.74) is 8.55. The van der Waals surface area contributed by atoms with Crippen LogP contribution in [0.15, 0.2) is 48.7 Å². The maximum atomic E-state index is 6.38. The van der Waals surface area contributed by atoms with Crippen molar-refractivity contribution in [3.8, 4) is 11.1 Å². The molecule has 0 bridgehead atoms. The molecule has 1 aromatic heterocycles. The first-order valence-electron chi connectivity index (χ1n) is 6.23. The number of hydrogen-bond acceptors (Lipinski definition) is 2. The normalized spacial score (nSPS) is 10.9. The molecule has 1 heterocycles. The highest BCUT2D eigenvalue weighted by atomic mass is 35.5. The lowest BCUT2D eigenvalue weighted by Crippen LogP contribution is -2.01. The van der Waals surface area contributed by atoms with Gasteiger partial charge in [-0.1, -0.05) is 47.5 Å². The van der Waals surface area contributed by atoms with Gasteiger partial charge in [0.25, 0.3) is 0 Å². The number of pyridine rings is 1. The Hall–Kier alpha value is -1.61. The number of halogens is 2. The van der Waals surface area contributed by atoms with Crippen LogP contribution in [-0.2, 0) is 6.54 Å². The number of benzene rings is 2. The topological polar surface area (TPSA) is 38.9 Å². The molecule has 2 aromatic carbocycles. The van der Waals surface area contributed by atoms with E-state index in [1.54, 1.807) is 0 Å². The van der Waals surface area contributed by atoms with Crippen LogP contribution in [0.4, 0.5) is 0 Å². The van der Waals surface area contributed by atoms with Crippen molar-refractivity contribution in [3.05, 3.63) is 64.4 Å². The van der Waals surface area contributed by atoms with Gasteiger partial charge in [0.05, 0.1) is 5.69 Å². The quantitative estimate of drug-likeness (QED) is 0.747. The molecule has 0 aliphatic carbocycles. The molecule has 0 spiro atoms. The van der Waals surface area contributed by atoms with Crippen molar-refractivity contribution >= 4 is 34.0 Å². The van der Waals surface area contributed by atoms with Crippen molar-refractivity contribution in [3.63, 3.8) is 0 Å². The Morgan fingerprint density at radius 2 is 1.85 bits per heavy atom. The molecule has 4 heteroatoms. The molecule has 0 amide bonds. The van der Waals surface area contributed by atoms with Gasteiger partial charge in [0.15, 0.2) is 0 Å². The summed E-state index contributed by atoms with van der Waals surface area (Å²) in [7, 11) is 0. The van der Waals surface area contributed by atoms with Crippen LogP contribution in [0.5, 0.6) is 0 Å². The highest BCUT2D eigenvalue weighted by molar-refractivity contribution is 6.37. The van der Waals surface area contributed by atoms with E-state index in [0.29, 0.717) is 16.6 Å². The van der Waals surface area contributed by atoms with Crippen LogP contribution in [0.25, 0.3) is 21.9 Å². The van der Waals surface area contributed by atoms with E-state index in [1.807, 2.05) is 48.7 Å². The van der Waals surface area contributed by atoms with E-state index in [4.69, 9.17) is 28.9 Å². The van der Waals surface area contributed by atoms with Gasteiger partial charge < -0.3 is 5.73 Å². The van der Waals surface area contributed by atoms with Gasteiger partial charge in [-0.2, -0.15) is 0 Å². The van der Waals surface area contributed by atoms with E-state index in [0.717, 1.165) is 27.6 Å². The molecule has 0 radical (unpaired) electrons. The number of aromatic nitrogens is 1. The summed E-state index contributed by atoms with van der Waals surface area (Å²) in [5.74, 6) is 0. The average molecular weight is 303 g/mol. The number of nitrogens with two attached hydrogens (primary N) is 1. The van der Waals surface area contributed by atoms with Gasteiger partial charge in [-0.05, 0) is 23.8 Å². The summed E-state index contributed by atoms with van der Waals surface area (Å²) >= 11 is 12.5. The van der Waals surface area contributed by atoms with Gasteiger partial charge in [0.2, 0.25) is 0 Å². The maximum absolute atomic E-state index is 6.38. The molecule has 0 unspecified atom stereocenters. The molecular weight excluding hydrogens is 291 g/mol. The Labute approximate surface area is 127 Å². The summed E-state index contributed by atoms with van der Waals surface area (Å²) in [6, 6.07) is 13.4. The van der Waals surface area contributed by atoms with Crippen LogP contribution >= 0.6 is 23.2 Å². The zero-order chi connectivity index (χ0) is 14.1. The minimum Gasteiger partial charge on any atom is -0.325 e. The molecule has 2 N–H and O–H groups in total. The summed E-state index contributed by atoms with van der Waals surface area (Å²) in [6.45, 7) is 0.382. The first-order valence-corrected chi connectivity index (χ1v) is 6.98. The largest absolute Gasteiger partial charge is 0.325 e. The second kappa shape index (κ2) is 5.41. The van der Waals surface area contributed by atoms with Crippen molar-refractivity contribution in [2.75, 3.05) is 0 Å². The molecule has 2 nitrogen and oxygen atoms in total. The fourth-order valence-corrected chi connectivity index (χ4v) is 2.82. The molecule has 0 aliphatic rings. The first kappa shape index (κ1) is 13.4. The van der Waals surface area contributed by atoms with Crippen molar-refractivity contribution in [2.45, 2.75) is 6.54 Å². The summed E-state index contributed by atoms with van der Waals surface area (Å²) in [4.78, 5) is 4.45. The highest BCUT2D eigenvalue weighted by Crippen LogP contribution is 2.35. The van der Waals surface area contributed by atoms with Gasteiger partial charge in [0, 0.05) is 39.1 Å². The molecular formula is C16H12Cl2N2. The summed E-state index contributed by atoms with van der Waals surface area (Å²) in [5, 5.41) is 3.32. The minimum absolute atomic E-state index is 0.382. The molecule has 0 fully saturated rings. The lowest BCUT2D eigenvalue weighted by atomic mass is 9.99. The monoisotopic (exact) mass is 302 g/mol. The first-order chi connectivity index (χ1) is 9.70. The summed E-state index contributed by atoms with van der Waals surface area (Å²) < 4.78 is 0. The van der Waals surface area contributed by atoms with Crippen LogP contribution in [0, 0.1) is 0 Å². The third-order valence-electron chi connectivity index (χ3n) is 3.27. The van der Waals surface area contributed by atoms with Crippen LogP contribution in [0.1, 0.15) is 5.69 Å². The molecule has 100 valence electrons. The second-order valence-corrected chi connectivity index (χ2v) is 5.34. The van der Waals surface area contributed by atoms with Crippen LogP contribution in [-0.4, -0.2) is 4.98 Å². The second-order valence-electron chi connectivity index (χ2n) is 4.50. The van der Waals surface area contributed by atoms with Crippen molar-refractivity contribution < 1.29 is 0 Å². The fraction of sp³-hybridized carbons (Fsp3) is 0.0625. The third kappa shape index (κ3) is 2.27. The van der Waals surface area contributed by atoms with Crippen LogP contribution in [0.3, 0.4) is 0 Å². The Bertz CT molecular complexity index is 785. The predicted molar refractivity (Wildman–Crippen MR) is 85.1 cm³/mol. The number of fused-ring (bicyclic) bond motifs is 1. The molecule has 3 rings (SSSR count). The van der Waals surface area contributed by atoms with Crippen LogP contribution in [0.2, 0.25) is 10.0 Å². The van der Waals surface area contributed by atoms with E-state index < -0.39 is 0 Å². The Morgan fingerprint density at radius 1 is 1.05 bits per heavy atom. The number of rotatable bonds is 2. The Morgan fingerprint density at radius 3 is 2.60 bits per heavy atom. The molecule has 0 aliphatic heterocycles. The Kier molecular flexibility index (Phi) is 3.62. The zero-order valence-corrected chi connectivity index (χ0v) is 12.1. The smallest absolute Gasteiger partial charge is 0.0618 e. The predicted octanol–water partition coefficient (Wildman–Crippen LogP) is 4.67. The van der Waals surface area contributed by atoms with E-state index in [-0.39, 0.29) is 0 Å². The average Bonchev–Trinajstić information content (AvgIpc) is 2.46. The summed E-state index contributed by atoms with van der Waals surface area (Å²) in [6.07, 6.45) is 1.81. The molecule has 0 saturated heterocycles. The molecule has 20 heavy (non-hydrogen) atoms. The van der Waals surface area contributed by atoms with Gasteiger partial charge in [-0.15, -0.1) is 0 Å². The van der Waals surface area contributed by atoms with Gasteiger partial charge in [-0.3, -0.25) is 4.98 Å². The van der Waals surface area contributed by atoms with Crippen LogP contribution < -0.4 is 5.73 Å². The minimum atomic E-state index is 0.382. The van der Waals surface area contributed by atoms with Crippen molar-refractivity contribution in [2.24, 2.45) is 5.73 Å². The molecule has 0 saturated carbocycles. The third-order valence-corrected chi connectivity index (χ3v) is 3.82. The van der Waals surface area contributed by atoms with E-state index in [1.165, 1.54) is 0 Å². The molecule has 3 aromatic rings. The van der Waals surface area contributed by atoms with Crippen molar-refractivity contribution in [1.29, 1.82) is 0 Å². The lowest BCUT2D eigenvalue weighted by Gasteiger charge is -2.11. The van der Waals surface area contributed by atoms with Gasteiger partial charge in [-0.25, -0.2) is 0 Å². The standard InChI is InChI=1S/C16H12Cl2N2/c17-11-4-1-3-10(7-11)13-9-20-15(8-19)12-5-2-6-14(18)16(12)13/h1-7,9H,8,19H2. The van der Waals surface area contributed by atoms with Crippen molar-refractivity contribution in [1.82, 2.24) is 4.98 Å². The van der Waals surface area contributed by atoms with Gasteiger partial charge >= 0.3 is 0 Å². The molecule has 0 atom stereocenters. The SMILES string of the molecule is NCc1ncc(-c2cccc(Cl)c2)c2c(Cl)cccc12. The highest BCUT2D eigenvalue weighted by Gasteiger charge is 2.11. The van der Waals surface area contributed by atoms with E-state index in [2.05, 4.69) is 4.98 Å². The van der Waals surface area contributed by atoms with E-state index in [9.17, 15) is 0 Å². The number of nitrogens with zero attached hydrogens (tertiary/aromatic N) is 1. The Balaban J connectivity index is 2.37. The maximum Gasteiger partial charge on any atom is 0.0618 e. The van der Waals surface area contributed by atoms with E-state index >= 15 is 0 Å².